The Morgan fingerprint density at radius 2 is 2.03 bits per heavy atom. The maximum absolute atomic E-state index is 12.6. The standard InChI is InChI=1S/C24H27ClN4O4/c1-14(20-10-19(25)7-8-21(20)33-2)29-22-17(11-26)9-18(13-27-22)23(30)28-12-15-3-5-16(6-4-15)24(31)32/h7-10,13-16H,3-6,12H2,1-2H3,(H,27,29)(H,28,30)(H,31,32). The van der Waals surface area contributed by atoms with Crippen LogP contribution in [-0.2, 0) is 4.79 Å². The highest BCUT2D eigenvalue weighted by molar-refractivity contribution is 6.30. The van der Waals surface area contributed by atoms with E-state index in [0.29, 0.717) is 41.5 Å². The zero-order valence-electron chi connectivity index (χ0n) is 18.6. The van der Waals surface area contributed by atoms with Crippen LogP contribution in [0.15, 0.2) is 30.5 Å². The van der Waals surface area contributed by atoms with Crippen molar-refractivity contribution >= 4 is 29.3 Å². The van der Waals surface area contributed by atoms with Gasteiger partial charge in [-0.15, -0.1) is 0 Å². The number of carboxylic acid groups (broad SMARTS) is 1. The number of nitrogens with zero attached hydrogens (tertiary/aromatic N) is 2. The molecular formula is C24H27ClN4O4. The summed E-state index contributed by atoms with van der Waals surface area (Å²) in [7, 11) is 1.57. The number of nitrogens with one attached hydrogen (secondary N) is 2. The van der Waals surface area contributed by atoms with Crippen molar-refractivity contribution in [2.75, 3.05) is 19.0 Å². The molecule has 1 fully saturated rings. The average Bonchev–Trinajstić information content (AvgIpc) is 2.82. The number of benzene rings is 1. The van der Waals surface area contributed by atoms with Crippen LogP contribution in [0, 0.1) is 23.2 Å². The van der Waals surface area contributed by atoms with Crippen LogP contribution in [0.2, 0.25) is 5.02 Å². The minimum absolute atomic E-state index is 0.248. The Balaban J connectivity index is 1.64. The largest absolute Gasteiger partial charge is 0.496 e. The van der Waals surface area contributed by atoms with Crippen LogP contribution in [0.3, 0.4) is 0 Å². The van der Waals surface area contributed by atoms with E-state index in [2.05, 4.69) is 21.7 Å². The van der Waals surface area contributed by atoms with Gasteiger partial charge in [-0.2, -0.15) is 5.26 Å². The van der Waals surface area contributed by atoms with Gasteiger partial charge in [0.25, 0.3) is 5.91 Å². The molecular weight excluding hydrogens is 444 g/mol. The number of hydrogen-bond donors (Lipinski definition) is 3. The molecule has 1 amide bonds. The Morgan fingerprint density at radius 3 is 2.67 bits per heavy atom. The predicted molar refractivity (Wildman–Crippen MR) is 124 cm³/mol. The van der Waals surface area contributed by atoms with Gasteiger partial charge in [-0.25, -0.2) is 4.98 Å². The van der Waals surface area contributed by atoms with Crippen LogP contribution in [0.1, 0.15) is 60.1 Å². The van der Waals surface area contributed by atoms with Gasteiger partial charge >= 0.3 is 5.97 Å². The summed E-state index contributed by atoms with van der Waals surface area (Å²) in [6, 6.07) is 8.65. The number of hydrogen-bond acceptors (Lipinski definition) is 6. The molecule has 1 aliphatic rings. The Bertz CT molecular complexity index is 1060. The number of aromatic nitrogens is 1. The second-order valence-electron chi connectivity index (χ2n) is 8.25. The first-order chi connectivity index (χ1) is 15.8. The zero-order chi connectivity index (χ0) is 24.0. The normalized spacial score (nSPS) is 18.6. The van der Waals surface area contributed by atoms with Crippen molar-refractivity contribution in [3.05, 3.63) is 52.2 Å². The van der Waals surface area contributed by atoms with E-state index < -0.39 is 5.97 Å². The molecule has 0 saturated heterocycles. The molecule has 3 N–H and O–H groups in total. The van der Waals surface area contributed by atoms with Gasteiger partial charge < -0.3 is 20.5 Å². The SMILES string of the molecule is COc1ccc(Cl)cc1C(C)Nc1ncc(C(=O)NCC2CCC(C(=O)O)CC2)cc1C#N. The Labute approximate surface area is 197 Å². The van der Waals surface area contributed by atoms with E-state index in [1.807, 2.05) is 6.92 Å². The van der Waals surface area contributed by atoms with Crippen molar-refractivity contribution in [3.8, 4) is 11.8 Å². The molecule has 9 heteroatoms. The molecule has 1 atom stereocenters. The summed E-state index contributed by atoms with van der Waals surface area (Å²) < 4.78 is 5.39. The van der Waals surface area contributed by atoms with Gasteiger partial charge in [0.05, 0.1) is 30.2 Å². The van der Waals surface area contributed by atoms with Crippen LogP contribution in [-0.4, -0.2) is 35.6 Å². The lowest BCUT2D eigenvalue weighted by molar-refractivity contribution is -0.143. The third-order valence-electron chi connectivity index (χ3n) is 6.03. The van der Waals surface area contributed by atoms with Gasteiger partial charge in [-0.3, -0.25) is 9.59 Å². The fourth-order valence-electron chi connectivity index (χ4n) is 4.07. The van der Waals surface area contributed by atoms with E-state index in [1.165, 1.54) is 12.3 Å². The lowest BCUT2D eigenvalue weighted by Gasteiger charge is -2.26. The molecule has 3 rings (SSSR count). The van der Waals surface area contributed by atoms with Crippen molar-refractivity contribution in [3.63, 3.8) is 0 Å². The fourth-order valence-corrected chi connectivity index (χ4v) is 4.25. The average molecular weight is 471 g/mol. The lowest BCUT2D eigenvalue weighted by atomic mass is 9.82. The minimum Gasteiger partial charge on any atom is -0.496 e. The number of ether oxygens (including phenoxy) is 1. The van der Waals surface area contributed by atoms with Crippen LogP contribution < -0.4 is 15.4 Å². The molecule has 33 heavy (non-hydrogen) atoms. The van der Waals surface area contributed by atoms with Gasteiger partial charge in [0.1, 0.15) is 17.6 Å². The molecule has 1 aliphatic carbocycles. The van der Waals surface area contributed by atoms with Gasteiger partial charge in [-0.1, -0.05) is 11.6 Å². The van der Waals surface area contributed by atoms with E-state index in [1.54, 1.807) is 25.3 Å². The van der Waals surface area contributed by atoms with Crippen LogP contribution >= 0.6 is 11.6 Å². The number of carbonyl (C=O) groups excluding carboxylic acids is 1. The van der Waals surface area contributed by atoms with E-state index in [0.717, 1.165) is 18.4 Å². The van der Waals surface area contributed by atoms with Crippen molar-refractivity contribution in [2.45, 2.75) is 38.6 Å². The first-order valence-corrected chi connectivity index (χ1v) is 11.2. The second-order valence-corrected chi connectivity index (χ2v) is 8.69. The predicted octanol–water partition coefficient (Wildman–Crippen LogP) is 4.41. The molecule has 2 aromatic rings. The van der Waals surface area contributed by atoms with Gasteiger partial charge in [-0.05, 0) is 62.8 Å². The number of anilines is 1. The summed E-state index contributed by atoms with van der Waals surface area (Å²) in [6.45, 7) is 2.37. The van der Waals surface area contributed by atoms with Crippen LogP contribution in [0.5, 0.6) is 5.75 Å². The minimum atomic E-state index is -0.746. The zero-order valence-corrected chi connectivity index (χ0v) is 19.4. The molecule has 0 bridgehead atoms. The number of amides is 1. The van der Waals surface area contributed by atoms with Crippen molar-refractivity contribution in [1.29, 1.82) is 5.26 Å². The monoisotopic (exact) mass is 470 g/mol. The Kier molecular flexibility index (Phi) is 8.12. The summed E-state index contributed by atoms with van der Waals surface area (Å²) in [6.07, 6.45) is 4.24. The number of halogens is 1. The topological polar surface area (TPSA) is 124 Å². The first-order valence-electron chi connectivity index (χ1n) is 10.8. The van der Waals surface area contributed by atoms with E-state index >= 15 is 0 Å². The van der Waals surface area contributed by atoms with Gasteiger partial charge in [0, 0.05) is 23.3 Å². The maximum atomic E-state index is 12.6. The summed E-state index contributed by atoms with van der Waals surface area (Å²) in [4.78, 5) is 28.0. The van der Waals surface area contributed by atoms with Gasteiger partial charge in [0.2, 0.25) is 0 Å². The number of carbonyl (C=O) groups is 2. The summed E-state index contributed by atoms with van der Waals surface area (Å²) in [5.41, 5.74) is 1.36. The van der Waals surface area contributed by atoms with Gasteiger partial charge in [0.15, 0.2) is 0 Å². The smallest absolute Gasteiger partial charge is 0.306 e. The highest BCUT2D eigenvalue weighted by Gasteiger charge is 2.26. The van der Waals surface area contributed by atoms with Crippen LogP contribution in [0.4, 0.5) is 5.82 Å². The molecule has 0 radical (unpaired) electrons. The number of aliphatic carboxylic acids is 1. The first kappa shape index (κ1) is 24.3. The van der Waals surface area contributed by atoms with Crippen LogP contribution in [0.25, 0.3) is 0 Å². The second kappa shape index (κ2) is 11.0. The highest BCUT2D eigenvalue weighted by atomic mass is 35.5. The molecule has 1 heterocycles. The van der Waals surface area contributed by atoms with E-state index in [4.69, 9.17) is 21.4 Å². The number of carboxylic acids is 1. The number of pyridine rings is 1. The van der Waals surface area contributed by atoms with Crippen molar-refractivity contribution < 1.29 is 19.4 Å². The third-order valence-corrected chi connectivity index (χ3v) is 6.26. The molecule has 1 unspecified atom stereocenters. The molecule has 174 valence electrons. The van der Waals surface area contributed by atoms with Crippen molar-refractivity contribution in [2.24, 2.45) is 11.8 Å². The Hall–Kier alpha value is -3.31. The van der Waals surface area contributed by atoms with Crippen molar-refractivity contribution in [1.82, 2.24) is 10.3 Å². The van der Waals surface area contributed by atoms with E-state index in [-0.39, 0.29) is 29.3 Å². The quantitative estimate of drug-likeness (QED) is 0.521. The Morgan fingerprint density at radius 1 is 1.30 bits per heavy atom. The molecule has 0 aliphatic heterocycles. The fraction of sp³-hybridized carbons (Fsp3) is 0.417. The number of rotatable bonds is 8. The summed E-state index contributed by atoms with van der Waals surface area (Å²) in [5.74, 6) is -0.0715. The molecule has 1 aromatic carbocycles. The third kappa shape index (κ3) is 6.14. The summed E-state index contributed by atoms with van der Waals surface area (Å²) >= 11 is 6.12. The molecule has 1 aromatic heterocycles. The highest BCUT2D eigenvalue weighted by Crippen LogP contribution is 2.31. The number of methoxy groups -OCH3 is 1. The van der Waals surface area contributed by atoms with E-state index in [9.17, 15) is 14.9 Å². The maximum Gasteiger partial charge on any atom is 0.306 e. The molecule has 1 saturated carbocycles. The molecule has 0 spiro atoms. The molecule has 8 nitrogen and oxygen atoms in total. The number of nitriles is 1. The summed E-state index contributed by atoms with van der Waals surface area (Å²) in [5, 5.41) is 25.3. The lowest BCUT2D eigenvalue weighted by Crippen LogP contribution is -2.32.